The maximum atomic E-state index is 11.0. The van der Waals surface area contributed by atoms with Crippen molar-refractivity contribution < 1.29 is 9.53 Å². The number of hydrogen-bond acceptors (Lipinski definition) is 4. The minimum atomic E-state index is -0.00244. The maximum Gasteiger partial charge on any atom is 0.172 e. The lowest BCUT2D eigenvalue weighted by Crippen LogP contribution is -2.12. The minimum Gasteiger partial charge on any atom is -0.372 e. The van der Waals surface area contributed by atoms with E-state index < -0.39 is 0 Å². The topological polar surface area (TPSA) is 57.0 Å². The molecule has 2 rings (SSSR count). The van der Waals surface area contributed by atoms with Crippen LogP contribution in [0.1, 0.15) is 55.4 Å². The van der Waals surface area contributed by atoms with Crippen LogP contribution in [0, 0.1) is 5.92 Å². The molecule has 0 saturated carbocycles. The molecule has 0 amide bonds. The Morgan fingerprint density at radius 2 is 2.41 bits per heavy atom. The fourth-order valence-corrected chi connectivity index (χ4v) is 2.09. The molecule has 1 fully saturated rings. The van der Waals surface area contributed by atoms with Crippen molar-refractivity contribution >= 4 is 6.29 Å². The van der Waals surface area contributed by atoms with E-state index in [0.717, 1.165) is 44.4 Å². The van der Waals surface area contributed by atoms with Crippen LogP contribution in [0.25, 0.3) is 0 Å². The van der Waals surface area contributed by atoms with Crippen LogP contribution < -0.4 is 0 Å². The number of aromatic nitrogens is 3. The highest BCUT2D eigenvalue weighted by molar-refractivity contribution is 5.73. The van der Waals surface area contributed by atoms with E-state index in [0.29, 0.717) is 11.6 Å². The minimum absolute atomic E-state index is 0.00244. The Kier molecular flexibility index (Phi) is 3.89. The first-order chi connectivity index (χ1) is 8.22. The molecule has 1 aromatic heterocycles. The second kappa shape index (κ2) is 5.40. The summed E-state index contributed by atoms with van der Waals surface area (Å²) in [7, 11) is 0. The van der Waals surface area contributed by atoms with Gasteiger partial charge in [-0.3, -0.25) is 4.79 Å². The molecule has 0 spiro atoms. The summed E-state index contributed by atoms with van der Waals surface area (Å²) in [4.78, 5) is 11.0. The average Bonchev–Trinajstić information content (AvgIpc) is 2.94. The Morgan fingerprint density at radius 3 is 3.00 bits per heavy atom. The quantitative estimate of drug-likeness (QED) is 0.735. The van der Waals surface area contributed by atoms with Gasteiger partial charge in [0.2, 0.25) is 0 Å². The molecule has 1 saturated heterocycles. The zero-order valence-electron chi connectivity index (χ0n) is 10.4. The SMILES string of the molecule is CC(C)CCn1nnc(C=O)c1C1CCCO1. The van der Waals surface area contributed by atoms with Crippen LogP contribution in [0.3, 0.4) is 0 Å². The molecule has 5 heteroatoms. The molecule has 94 valence electrons. The van der Waals surface area contributed by atoms with Gasteiger partial charge >= 0.3 is 0 Å². The second-order valence-electron chi connectivity index (χ2n) is 4.89. The van der Waals surface area contributed by atoms with Gasteiger partial charge in [-0.1, -0.05) is 19.1 Å². The molecule has 0 radical (unpaired) electrons. The highest BCUT2D eigenvalue weighted by Gasteiger charge is 2.26. The Labute approximate surface area is 101 Å². The molecule has 5 nitrogen and oxygen atoms in total. The van der Waals surface area contributed by atoms with Gasteiger partial charge in [0.05, 0.1) is 5.69 Å². The number of carbonyl (C=O) groups excluding carboxylic acids is 1. The fourth-order valence-electron chi connectivity index (χ4n) is 2.09. The predicted octanol–water partition coefficient (Wildman–Crippen LogP) is 1.99. The van der Waals surface area contributed by atoms with Crippen molar-refractivity contribution in [3.63, 3.8) is 0 Å². The van der Waals surface area contributed by atoms with Gasteiger partial charge in [-0.25, -0.2) is 4.68 Å². The highest BCUT2D eigenvalue weighted by atomic mass is 16.5. The summed E-state index contributed by atoms with van der Waals surface area (Å²) in [6, 6.07) is 0. The second-order valence-corrected chi connectivity index (χ2v) is 4.89. The van der Waals surface area contributed by atoms with Crippen molar-refractivity contribution in [2.75, 3.05) is 6.61 Å². The third-order valence-corrected chi connectivity index (χ3v) is 3.07. The molecule has 0 aliphatic carbocycles. The van der Waals surface area contributed by atoms with Crippen LogP contribution in [0.2, 0.25) is 0 Å². The monoisotopic (exact) mass is 237 g/mol. The Hall–Kier alpha value is -1.23. The number of aryl methyl sites for hydroxylation is 1. The van der Waals surface area contributed by atoms with Crippen LogP contribution in [0.15, 0.2) is 0 Å². The summed E-state index contributed by atoms with van der Waals surface area (Å²) < 4.78 is 7.46. The molecule has 1 aliphatic rings. The lowest BCUT2D eigenvalue weighted by molar-refractivity contribution is 0.100. The van der Waals surface area contributed by atoms with E-state index in [2.05, 4.69) is 24.2 Å². The van der Waals surface area contributed by atoms with Gasteiger partial charge in [0.1, 0.15) is 6.10 Å². The van der Waals surface area contributed by atoms with Gasteiger partial charge in [0.25, 0.3) is 0 Å². The molecule has 1 unspecified atom stereocenters. The first-order valence-electron chi connectivity index (χ1n) is 6.22. The zero-order chi connectivity index (χ0) is 12.3. The molecule has 1 aromatic rings. The molecule has 17 heavy (non-hydrogen) atoms. The van der Waals surface area contributed by atoms with Gasteiger partial charge in [-0.2, -0.15) is 0 Å². The number of carbonyl (C=O) groups is 1. The molecular formula is C12H19N3O2. The number of hydrogen-bond donors (Lipinski definition) is 0. The van der Waals surface area contributed by atoms with E-state index in [1.54, 1.807) is 0 Å². The third-order valence-electron chi connectivity index (χ3n) is 3.07. The van der Waals surface area contributed by atoms with Crippen molar-refractivity contribution in [3.05, 3.63) is 11.4 Å². The molecule has 0 bridgehead atoms. The Balaban J connectivity index is 2.19. The van der Waals surface area contributed by atoms with Gasteiger partial charge in [0, 0.05) is 13.2 Å². The smallest absolute Gasteiger partial charge is 0.172 e. The zero-order valence-corrected chi connectivity index (χ0v) is 10.4. The van der Waals surface area contributed by atoms with E-state index in [4.69, 9.17) is 4.74 Å². The average molecular weight is 237 g/mol. The van der Waals surface area contributed by atoms with E-state index in [-0.39, 0.29) is 6.10 Å². The first kappa shape index (κ1) is 12.2. The van der Waals surface area contributed by atoms with Gasteiger partial charge in [-0.15, -0.1) is 5.10 Å². The predicted molar refractivity (Wildman–Crippen MR) is 62.8 cm³/mol. The largest absolute Gasteiger partial charge is 0.372 e. The normalized spacial score (nSPS) is 20.1. The summed E-state index contributed by atoms with van der Waals surface area (Å²) in [6.45, 7) is 5.90. The molecule has 0 N–H and O–H groups in total. The standard InChI is InChI=1S/C12H19N3O2/c1-9(2)5-6-15-12(10(8-16)13-14-15)11-4-3-7-17-11/h8-9,11H,3-7H2,1-2H3. The van der Waals surface area contributed by atoms with E-state index >= 15 is 0 Å². The van der Waals surface area contributed by atoms with E-state index in [1.807, 2.05) is 4.68 Å². The van der Waals surface area contributed by atoms with Crippen molar-refractivity contribution in [2.45, 2.75) is 45.8 Å². The summed E-state index contributed by atoms with van der Waals surface area (Å²) in [5.41, 5.74) is 1.29. The summed E-state index contributed by atoms with van der Waals surface area (Å²) >= 11 is 0. The van der Waals surface area contributed by atoms with Crippen LogP contribution in [-0.2, 0) is 11.3 Å². The van der Waals surface area contributed by atoms with Crippen LogP contribution in [-0.4, -0.2) is 27.9 Å². The summed E-state index contributed by atoms with van der Waals surface area (Å²) in [6.07, 6.45) is 3.79. The van der Waals surface area contributed by atoms with E-state index in [1.165, 1.54) is 0 Å². The van der Waals surface area contributed by atoms with Crippen molar-refractivity contribution in [1.82, 2.24) is 15.0 Å². The summed E-state index contributed by atoms with van der Waals surface area (Å²) in [5, 5.41) is 7.98. The van der Waals surface area contributed by atoms with Crippen molar-refractivity contribution in [3.8, 4) is 0 Å². The van der Waals surface area contributed by atoms with Gasteiger partial charge in [0.15, 0.2) is 12.0 Å². The molecule has 1 atom stereocenters. The van der Waals surface area contributed by atoms with Crippen molar-refractivity contribution in [2.24, 2.45) is 5.92 Å². The van der Waals surface area contributed by atoms with Crippen molar-refractivity contribution in [1.29, 1.82) is 0 Å². The lowest BCUT2D eigenvalue weighted by Gasteiger charge is -2.13. The third kappa shape index (κ3) is 2.72. The molecule has 0 aromatic carbocycles. The first-order valence-corrected chi connectivity index (χ1v) is 6.22. The fraction of sp³-hybridized carbons (Fsp3) is 0.750. The number of ether oxygens (including phenoxy) is 1. The number of rotatable bonds is 5. The van der Waals surface area contributed by atoms with Crippen LogP contribution in [0.4, 0.5) is 0 Å². The van der Waals surface area contributed by atoms with Gasteiger partial charge in [-0.05, 0) is 25.2 Å². The molecule has 1 aliphatic heterocycles. The lowest BCUT2D eigenvalue weighted by atomic mass is 10.1. The highest BCUT2D eigenvalue weighted by Crippen LogP contribution is 2.29. The molecule has 2 heterocycles. The maximum absolute atomic E-state index is 11.0. The number of aldehydes is 1. The van der Waals surface area contributed by atoms with Crippen LogP contribution >= 0.6 is 0 Å². The van der Waals surface area contributed by atoms with Crippen LogP contribution in [0.5, 0.6) is 0 Å². The summed E-state index contributed by atoms with van der Waals surface area (Å²) in [5.74, 6) is 0.608. The Morgan fingerprint density at radius 1 is 1.59 bits per heavy atom. The number of nitrogens with zero attached hydrogens (tertiary/aromatic N) is 3. The molecular weight excluding hydrogens is 218 g/mol. The van der Waals surface area contributed by atoms with E-state index in [9.17, 15) is 4.79 Å². The van der Waals surface area contributed by atoms with Gasteiger partial charge < -0.3 is 4.74 Å². The Bertz CT molecular complexity index is 381.